The molecule has 21 heavy (non-hydrogen) atoms. The van der Waals surface area contributed by atoms with Gasteiger partial charge in [0, 0.05) is 31.5 Å². The standard InChI is InChI=1S/C15H18ClF2N3/c16-4-3-14-19-15-12(18)9-11(17)10-13(15)21(14)8-7-20-5-1-2-6-20/h9-10H,1-8H2. The molecule has 1 aromatic carbocycles. The quantitative estimate of drug-likeness (QED) is 0.791. The van der Waals surface area contributed by atoms with Crippen LogP contribution in [0, 0.1) is 11.6 Å². The van der Waals surface area contributed by atoms with Crippen molar-refractivity contribution in [2.75, 3.05) is 25.5 Å². The third-order valence-corrected chi connectivity index (χ3v) is 4.20. The number of likely N-dealkylation sites (tertiary alicyclic amines) is 1. The summed E-state index contributed by atoms with van der Waals surface area (Å²) in [6.07, 6.45) is 3.00. The Morgan fingerprint density at radius 1 is 1.14 bits per heavy atom. The lowest BCUT2D eigenvalue weighted by atomic mass is 10.3. The molecule has 0 amide bonds. The lowest BCUT2D eigenvalue weighted by Crippen LogP contribution is -2.24. The molecule has 114 valence electrons. The predicted molar refractivity (Wildman–Crippen MR) is 79.7 cm³/mol. The molecule has 1 aliphatic heterocycles. The van der Waals surface area contributed by atoms with Gasteiger partial charge in [0.25, 0.3) is 0 Å². The molecule has 0 bridgehead atoms. The van der Waals surface area contributed by atoms with Crippen molar-refractivity contribution >= 4 is 22.6 Å². The number of alkyl halides is 1. The minimum Gasteiger partial charge on any atom is -0.326 e. The van der Waals surface area contributed by atoms with Gasteiger partial charge in [-0.1, -0.05) is 0 Å². The van der Waals surface area contributed by atoms with E-state index in [0.29, 0.717) is 24.4 Å². The first-order valence-electron chi connectivity index (χ1n) is 7.31. The highest BCUT2D eigenvalue weighted by atomic mass is 35.5. The van der Waals surface area contributed by atoms with Crippen LogP contribution < -0.4 is 0 Å². The Morgan fingerprint density at radius 3 is 2.62 bits per heavy atom. The Kier molecular flexibility index (Phi) is 4.40. The minimum absolute atomic E-state index is 0.234. The molecule has 0 radical (unpaired) electrons. The van der Waals surface area contributed by atoms with Gasteiger partial charge in [-0.25, -0.2) is 13.8 Å². The molecule has 0 N–H and O–H groups in total. The lowest BCUT2D eigenvalue weighted by molar-refractivity contribution is 0.322. The average Bonchev–Trinajstić information content (AvgIpc) is 3.05. The highest BCUT2D eigenvalue weighted by Gasteiger charge is 2.17. The van der Waals surface area contributed by atoms with E-state index >= 15 is 0 Å². The van der Waals surface area contributed by atoms with Crippen molar-refractivity contribution in [1.29, 1.82) is 0 Å². The number of aromatic nitrogens is 2. The molecule has 2 aromatic rings. The first-order valence-corrected chi connectivity index (χ1v) is 7.85. The van der Waals surface area contributed by atoms with E-state index in [4.69, 9.17) is 11.6 Å². The zero-order chi connectivity index (χ0) is 14.8. The van der Waals surface area contributed by atoms with Gasteiger partial charge in [-0.2, -0.15) is 0 Å². The van der Waals surface area contributed by atoms with Crippen LogP contribution in [0.1, 0.15) is 18.7 Å². The fraction of sp³-hybridized carbons (Fsp3) is 0.533. The Bertz CT molecular complexity index is 635. The molecule has 1 aromatic heterocycles. The fourth-order valence-corrected chi connectivity index (χ4v) is 3.14. The van der Waals surface area contributed by atoms with E-state index < -0.39 is 11.6 Å². The van der Waals surface area contributed by atoms with E-state index in [1.807, 2.05) is 4.57 Å². The van der Waals surface area contributed by atoms with E-state index in [1.165, 1.54) is 18.9 Å². The molecule has 3 nitrogen and oxygen atoms in total. The zero-order valence-corrected chi connectivity index (χ0v) is 12.5. The second kappa shape index (κ2) is 6.28. The van der Waals surface area contributed by atoms with E-state index in [-0.39, 0.29) is 5.52 Å². The molecule has 1 aliphatic rings. The largest absolute Gasteiger partial charge is 0.326 e. The monoisotopic (exact) mass is 313 g/mol. The van der Waals surface area contributed by atoms with Crippen LogP contribution in [0.15, 0.2) is 12.1 Å². The Hall–Kier alpha value is -1.20. The van der Waals surface area contributed by atoms with Crippen molar-refractivity contribution in [3.05, 3.63) is 29.6 Å². The summed E-state index contributed by atoms with van der Waals surface area (Å²) in [6.45, 7) is 3.75. The first kappa shape index (κ1) is 14.7. The van der Waals surface area contributed by atoms with Gasteiger partial charge in [0.05, 0.1) is 5.52 Å². The third kappa shape index (κ3) is 3.04. The van der Waals surface area contributed by atoms with Gasteiger partial charge < -0.3 is 9.47 Å². The number of rotatable bonds is 5. The number of benzene rings is 1. The molecule has 0 saturated carbocycles. The fourth-order valence-electron chi connectivity index (χ4n) is 2.97. The SMILES string of the molecule is Fc1cc(F)c2nc(CCCl)n(CCN3CCCC3)c2c1. The van der Waals surface area contributed by atoms with Gasteiger partial charge in [0.15, 0.2) is 5.82 Å². The average molecular weight is 314 g/mol. The summed E-state index contributed by atoms with van der Waals surface area (Å²) >= 11 is 5.80. The van der Waals surface area contributed by atoms with Crippen molar-refractivity contribution in [1.82, 2.24) is 14.5 Å². The Morgan fingerprint density at radius 2 is 1.90 bits per heavy atom. The molecule has 6 heteroatoms. The number of hydrogen-bond donors (Lipinski definition) is 0. The van der Waals surface area contributed by atoms with Crippen LogP contribution in [-0.4, -0.2) is 40.0 Å². The maximum atomic E-state index is 13.9. The van der Waals surface area contributed by atoms with Crippen molar-refractivity contribution in [2.45, 2.75) is 25.8 Å². The third-order valence-electron chi connectivity index (χ3n) is 4.01. The van der Waals surface area contributed by atoms with Gasteiger partial charge in [-0.15, -0.1) is 11.6 Å². The molecule has 2 heterocycles. The number of fused-ring (bicyclic) bond motifs is 1. The first-order chi connectivity index (χ1) is 10.2. The molecule has 1 saturated heterocycles. The van der Waals surface area contributed by atoms with E-state index in [9.17, 15) is 8.78 Å². The molecule has 0 atom stereocenters. The minimum atomic E-state index is -0.610. The number of imidazole rings is 1. The number of nitrogens with zero attached hydrogens (tertiary/aromatic N) is 3. The number of hydrogen-bond acceptors (Lipinski definition) is 2. The summed E-state index contributed by atoms with van der Waals surface area (Å²) < 4.78 is 29.3. The van der Waals surface area contributed by atoms with Crippen molar-refractivity contribution < 1.29 is 8.78 Å². The molecular formula is C15H18ClF2N3. The van der Waals surface area contributed by atoms with Crippen LogP contribution in [0.25, 0.3) is 11.0 Å². The zero-order valence-electron chi connectivity index (χ0n) is 11.8. The van der Waals surface area contributed by atoms with E-state index in [2.05, 4.69) is 9.88 Å². The molecule has 3 rings (SSSR count). The van der Waals surface area contributed by atoms with Gasteiger partial charge in [-0.05, 0) is 32.0 Å². The summed E-state index contributed by atoms with van der Waals surface area (Å²) in [5.74, 6) is -0.0406. The smallest absolute Gasteiger partial charge is 0.153 e. The Balaban J connectivity index is 1.94. The van der Waals surface area contributed by atoms with Crippen LogP contribution in [-0.2, 0) is 13.0 Å². The van der Waals surface area contributed by atoms with Crippen LogP contribution in [0.2, 0.25) is 0 Å². The second-order valence-electron chi connectivity index (χ2n) is 5.42. The van der Waals surface area contributed by atoms with Gasteiger partial charge in [0.1, 0.15) is 17.2 Å². The molecule has 0 aliphatic carbocycles. The molecule has 0 unspecified atom stereocenters. The van der Waals surface area contributed by atoms with Crippen molar-refractivity contribution in [2.24, 2.45) is 0 Å². The number of halogens is 3. The van der Waals surface area contributed by atoms with Crippen LogP contribution in [0.3, 0.4) is 0 Å². The van der Waals surface area contributed by atoms with Crippen LogP contribution >= 0.6 is 11.6 Å². The van der Waals surface area contributed by atoms with Gasteiger partial charge in [0.2, 0.25) is 0 Å². The van der Waals surface area contributed by atoms with Crippen molar-refractivity contribution in [3.8, 4) is 0 Å². The summed E-state index contributed by atoms with van der Waals surface area (Å²) in [5, 5.41) is 0. The number of aryl methyl sites for hydroxylation is 1. The van der Waals surface area contributed by atoms with Crippen molar-refractivity contribution in [3.63, 3.8) is 0 Å². The summed E-state index contributed by atoms with van der Waals surface area (Å²) in [4.78, 5) is 6.67. The van der Waals surface area contributed by atoms with Gasteiger partial charge >= 0.3 is 0 Å². The maximum absolute atomic E-state index is 13.9. The Labute approximate surface area is 127 Å². The topological polar surface area (TPSA) is 21.1 Å². The van der Waals surface area contributed by atoms with E-state index in [0.717, 1.165) is 31.5 Å². The highest BCUT2D eigenvalue weighted by Crippen LogP contribution is 2.22. The highest BCUT2D eigenvalue weighted by molar-refractivity contribution is 6.17. The lowest BCUT2D eigenvalue weighted by Gasteiger charge is -2.16. The van der Waals surface area contributed by atoms with E-state index in [1.54, 1.807) is 0 Å². The molecular weight excluding hydrogens is 296 g/mol. The van der Waals surface area contributed by atoms with Crippen LogP contribution in [0.4, 0.5) is 8.78 Å². The predicted octanol–water partition coefficient (Wildman–Crippen LogP) is 3.19. The second-order valence-corrected chi connectivity index (χ2v) is 5.80. The molecule has 0 spiro atoms. The van der Waals surface area contributed by atoms with Crippen LogP contribution in [0.5, 0.6) is 0 Å². The summed E-state index contributed by atoms with van der Waals surface area (Å²) in [5.41, 5.74) is 0.754. The maximum Gasteiger partial charge on any atom is 0.153 e. The normalized spacial score (nSPS) is 16.1. The summed E-state index contributed by atoms with van der Waals surface area (Å²) in [7, 11) is 0. The summed E-state index contributed by atoms with van der Waals surface area (Å²) in [6, 6.07) is 2.23. The molecule has 1 fully saturated rings. The van der Waals surface area contributed by atoms with Gasteiger partial charge in [-0.3, -0.25) is 0 Å².